The largest absolute Gasteiger partial charge is 0.355 e. The number of nitrogens with zero attached hydrogens (tertiary/aromatic N) is 3. The highest BCUT2D eigenvalue weighted by molar-refractivity contribution is 5.82. The Morgan fingerprint density at radius 2 is 2.00 bits per heavy atom. The quantitative estimate of drug-likeness (QED) is 0.639. The molecule has 0 aromatic carbocycles. The fourth-order valence-corrected chi connectivity index (χ4v) is 1.92. The molecule has 0 fully saturated rings. The summed E-state index contributed by atoms with van der Waals surface area (Å²) in [6.45, 7) is 10.9. The highest BCUT2D eigenvalue weighted by Gasteiger charge is 2.27. The highest BCUT2D eigenvalue weighted by atomic mass is 16.6. The normalized spacial score (nSPS) is 11.6. The molecule has 0 atom stereocenters. The smallest absolute Gasteiger partial charge is 0.333 e. The molecular weight excluding hydrogens is 274 g/mol. The van der Waals surface area contributed by atoms with E-state index in [2.05, 4.69) is 15.7 Å². The molecule has 1 heterocycles. The maximum absolute atomic E-state index is 11.8. The molecule has 0 radical (unpaired) electrons. The Kier molecular flexibility index (Phi) is 4.93. The van der Waals surface area contributed by atoms with Crippen molar-refractivity contribution in [2.24, 2.45) is 0 Å². The van der Waals surface area contributed by atoms with Crippen LogP contribution in [-0.2, 0) is 4.79 Å². The molecular formula is C13H23N5O3. The molecule has 1 amide bonds. The van der Waals surface area contributed by atoms with E-state index >= 15 is 0 Å². The van der Waals surface area contributed by atoms with Crippen molar-refractivity contribution in [1.29, 1.82) is 0 Å². The standard InChI is InChI=1S/C13H23N5O3/c1-8(2)17-12(11(18(20)21)9(3)16-17)14-7-10(19)15-13(4,5)6/h8,14H,7H2,1-6H3,(H,15,19). The van der Waals surface area contributed by atoms with Gasteiger partial charge in [0, 0.05) is 11.6 Å². The van der Waals surface area contributed by atoms with Gasteiger partial charge in [0.2, 0.25) is 11.7 Å². The van der Waals surface area contributed by atoms with Gasteiger partial charge in [0.05, 0.1) is 11.5 Å². The van der Waals surface area contributed by atoms with Crippen LogP contribution in [0.25, 0.3) is 0 Å². The SMILES string of the molecule is Cc1nn(C(C)C)c(NCC(=O)NC(C)(C)C)c1[N+](=O)[O-]. The number of aryl methyl sites for hydroxylation is 1. The first kappa shape index (κ1) is 16.9. The van der Waals surface area contributed by atoms with E-state index in [0.29, 0.717) is 5.69 Å². The summed E-state index contributed by atoms with van der Waals surface area (Å²) < 4.78 is 1.53. The third kappa shape index (κ3) is 4.44. The van der Waals surface area contributed by atoms with Crippen molar-refractivity contribution in [2.45, 2.75) is 53.1 Å². The maximum atomic E-state index is 11.8. The predicted molar refractivity (Wildman–Crippen MR) is 80.4 cm³/mol. The first-order valence-corrected chi connectivity index (χ1v) is 6.81. The van der Waals surface area contributed by atoms with E-state index in [1.165, 1.54) is 4.68 Å². The van der Waals surface area contributed by atoms with Gasteiger partial charge in [0.25, 0.3) is 0 Å². The third-order valence-corrected chi connectivity index (χ3v) is 2.66. The van der Waals surface area contributed by atoms with Gasteiger partial charge in [-0.3, -0.25) is 14.9 Å². The lowest BCUT2D eigenvalue weighted by Gasteiger charge is -2.21. The van der Waals surface area contributed by atoms with Gasteiger partial charge in [-0.15, -0.1) is 0 Å². The first-order valence-electron chi connectivity index (χ1n) is 6.81. The first-order chi connectivity index (χ1) is 9.53. The second-order valence-corrected chi connectivity index (χ2v) is 6.23. The van der Waals surface area contributed by atoms with Crippen LogP contribution in [0.2, 0.25) is 0 Å². The summed E-state index contributed by atoms with van der Waals surface area (Å²) in [5, 5.41) is 21.0. The Morgan fingerprint density at radius 1 is 1.43 bits per heavy atom. The number of anilines is 1. The molecule has 0 aliphatic carbocycles. The zero-order valence-electron chi connectivity index (χ0n) is 13.4. The minimum atomic E-state index is -0.481. The maximum Gasteiger partial charge on any atom is 0.333 e. The second-order valence-electron chi connectivity index (χ2n) is 6.23. The lowest BCUT2D eigenvalue weighted by molar-refractivity contribution is -0.384. The van der Waals surface area contributed by atoms with Crippen molar-refractivity contribution in [1.82, 2.24) is 15.1 Å². The second kappa shape index (κ2) is 6.11. The summed E-state index contributed by atoms with van der Waals surface area (Å²) in [5.41, 5.74) is -0.112. The van der Waals surface area contributed by atoms with Gasteiger partial charge < -0.3 is 10.6 Å². The topological polar surface area (TPSA) is 102 Å². The Labute approximate surface area is 124 Å². The molecule has 2 N–H and O–H groups in total. The van der Waals surface area contributed by atoms with E-state index in [-0.39, 0.29) is 35.5 Å². The van der Waals surface area contributed by atoms with E-state index in [9.17, 15) is 14.9 Å². The van der Waals surface area contributed by atoms with Gasteiger partial charge in [-0.1, -0.05) is 0 Å². The summed E-state index contributed by atoms with van der Waals surface area (Å²) in [5.74, 6) is 0.0301. The van der Waals surface area contributed by atoms with Crippen molar-refractivity contribution in [3.8, 4) is 0 Å². The molecule has 8 heteroatoms. The van der Waals surface area contributed by atoms with Crippen molar-refractivity contribution in [3.63, 3.8) is 0 Å². The van der Waals surface area contributed by atoms with Crippen LogP contribution < -0.4 is 10.6 Å². The highest BCUT2D eigenvalue weighted by Crippen LogP contribution is 2.30. The van der Waals surface area contributed by atoms with Crippen molar-refractivity contribution in [3.05, 3.63) is 15.8 Å². The Balaban J connectivity index is 2.96. The van der Waals surface area contributed by atoms with E-state index in [0.717, 1.165) is 0 Å². The average molecular weight is 297 g/mol. The zero-order valence-corrected chi connectivity index (χ0v) is 13.4. The van der Waals surface area contributed by atoms with Crippen molar-refractivity contribution < 1.29 is 9.72 Å². The minimum Gasteiger partial charge on any atom is -0.355 e. The van der Waals surface area contributed by atoms with E-state index < -0.39 is 4.92 Å². The van der Waals surface area contributed by atoms with E-state index in [4.69, 9.17) is 0 Å². The third-order valence-electron chi connectivity index (χ3n) is 2.66. The molecule has 21 heavy (non-hydrogen) atoms. The van der Waals surface area contributed by atoms with E-state index in [1.807, 2.05) is 34.6 Å². The molecule has 118 valence electrons. The van der Waals surface area contributed by atoms with Gasteiger partial charge in [-0.05, 0) is 41.5 Å². The summed E-state index contributed by atoms with van der Waals surface area (Å²) in [6, 6.07) is -0.0504. The lowest BCUT2D eigenvalue weighted by atomic mass is 10.1. The van der Waals surface area contributed by atoms with E-state index in [1.54, 1.807) is 6.92 Å². The van der Waals surface area contributed by atoms with Gasteiger partial charge in [0.1, 0.15) is 5.69 Å². The number of amides is 1. The number of carbonyl (C=O) groups is 1. The van der Waals surface area contributed by atoms with Crippen LogP contribution in [-0.4, -0.2) is 32.7 Å². The summed E-state index contributed by atoms with van der Waals surface area (Å²) in [7, 11) is 0. The number of nitro groups is 1. The van der Waals surface area contributed by atoms with Crippen LogP contribution >= 0.6 is 0 Å². The van der Waals surface area contributed by atoms with Crippen LogP contribution in [0, 0.1) is 17.0 Å². The molecule has 0 saturated carbocycles. The lowest BCUT2D eigenvalue weighted by Crippen LogP contribution is -2.43. The van der Waals surface area contributed by atoms with Gasteiger partial charge in [0.15, 0.2) is 0 Å². The Hall–Kier alpha value is -2.12. The molecule has 1 aromatic heterocycles. The molecule has 0 saturated heterocycles. The monoisotopic (exact) mass is 297 g/mol. The van der Waals surface area contributed by atoms with Crippen LogP contribution in [0.15, 0.2) is 0 Å². The molecule has 0 aliphatic rings. The molecule has 0 aliphatic heterocycles. The number of nitrogens with one attached hydrogen (secondary N) is 2. The summed E-state index contributed by atoms with van der Waals surface area (Å²) in [4.78, 5) is 22.5. The summed E-state index contributed by atoms with van der Waals surface area (Å²) in [6.07, 6.45) is 0. The van der Waals surface area contributed by atoms with Crippen LogP contribution in [0.5, 0.6) is 0 Å². The van der Waals surface area contributed by atoms with Gasteiger partial charge in [-0.25, -0.2) is 4.68 Å². The fourth-order valence-electron chi connectivity index (χ4n) is 1.92. The molecule has 1 aromatic rings. The average Bonchev–Trinajstić information content (AvgIpc) is 2.61. The number of rotatable bonds is 5. The zero-order chi connectivity index (χ0) is 16.4. The molecule has 8 nitrogen and oxygen atoms in total. The van der Waals surface area contributed by atoms with Gasteiger partial charge >= 0.3 is 5.69 Å². The number of hydrogen-bond donors (Lipinski definition) is 2. The van der Waals surface area contributed by atoms with Crippen LogP contribution in [0.4, 0.5) is 11.5 Å². The minimum absolute atomic E-state index is 0.0457. The molecule has 1 rings (SSSR count). The number of hydrogen-bond acceptors (Lipinski definition) is 5. The fraction of sp³-hybridized carbons (Fsp3) is 0.692. The molecule has 0 spiro atoms. The Bertz CT molecular complexity index is 543. The molecule has 0 unspecified atom stereocenters. The number of carbonyl (C=O) groups excluding carboxylic acids is 1. The number of aromatic nitrogens is 2. The van der Waals surface area contributed by atoms with Crippen LogP contribution in [0.3, 0.4) is 0 Å². The van der Waals surface area contributed by atoms with Crippen LogP contribution in [0.1, 0.15) is 46.4 Å². The van der Waals surface area contributed by atoms with Crippen molar-refractivity contribution >= 4 is 17.4 Å². The Morgan fingerprint density at radius 3 is 2.43 bits per heavy atom. The van der Waals surface area contributed by atoms with Gasteiger partial charge in [-0.2, -0.15) is 5.10 Å². The van der Waals surface area contributed by atoms with Crippen molar-refractivity contribution in [2.75, 3.05) is 11.9 Å². The summed E-state index contributed by atoms with van der Waals surface area (Å²) >= 11 is 0. The predicted octanol–water partition coefficient (Wildman–Crippen LogP) is 2.01. The molecule has 0 bridgehead atoms.